The maximum Gasteiger partial charge on any atom is 0.0429 e. The molecule has 0 aliphatic carbocycles. The summed E-state index contributed by atoms with van der Waals surface area (Å²) in [5.41, 5.74) is 5.24. The van der Waals surface area contributed by atoms with Gasteiger partial charge in [0.1, 0.15) is 0 Å². The summed E-state index contributed by atoms with van der Waals surface area (Å²) < 4.78 is 0. The minimum absolute atomic E-state index is 0.969. The van der Waals surface area contributed by atoms with Crippen LogP contribution in [0.3, 0.4) is 0 Å². The molecule has 2 nitrogen and oxygen atoms in total. The molecule has 0 fully saturated rings. The summed E-state index contributed by atoms with van der Waals surface area (Å²) in [4.78, 5) is 4.62. The van der Waals surface area contributed by atoms with Crippen molar-refractivity contribution in [2.75, 3.05) is 30.4 Å². The molecule has 0 bridgehead atoms. The van der Waals surface area contributed by atoms with Gasteiger partial charge in [0.15, 0.2) is 0 Å². The van der Waals surface area contributed by atoms with Crippen molar-refractivity contribution in [1.29, 1.82) is 0 Å². The fourth-order valence-electron chi connectivity index (χ4n) is 2.52. The van der Waals surface area contributed by atoms with E-state index in [0.29, 0.717) is 0 Å². The summed E-state index contributed by atoms with van der Waals surface area (Å²) in [5.74, 6) is 0. The van der Waals surface area contributed by atoms with E-state index < -0.39 is 0 Å². The number of aryl methyl sites for hydroxylation is 1. The summed E-state index contributed by atoms with van der Waals surface area (Å²) >= 11 is 0. The van der Waals surface area contributed by atoms with Crippen LogP contribution in [-0.2, 0) is 6.54 Å². The normalized spacial score (nSPS) is 10.5. The van der Waals surface area contributed by atoms with Crippen LogP contribution in [0.5, 0.6) is 0 Å². The molecule has 0 heterocycles. The van der Waals surface area contributed by atoms with Gasteiger partial charge in [-0.25, -0.2) is 0 Å². The SMILES string of the molecule is CCCCN(Cc1ccc(N(C)C)cc1)c1ccc(C)cc1. The molecule has 0 saturated carbocycles. The van der Waals surface area contributed by atoms with E-state index in [-0.39, 0.29) is 0 Å². The van der Waals surface area contributed by atoms with E-state index >= 15 is 0 Å². The molecule has 2 rings (SSSR count). The lowest BCUT2D eigenvalue weighted by molar-refractivity contribution is 0.716. The summed E-state index contributed by atoms with van der Waals surface area (Å²) in [5, 5.41) is 0. The first-order valence-corrected chi connectivity index (χ1v) is 8.18. The fraction of sp³-hybridized carbons (Fsp3) is 0.400. The Labute approximate surface area is 135 Å². The molecule has 0 unspecified atom stereocenters. The van der Waals surface area contributed by atoms with Crippen molar-refractivity contribution in [2.45, 2.75) is 33.2 Å². The molecule has 2 heteroatoms. The van der Waals surface area contributed by atoms with E-state index in [1.807, 2.05) is 0 Å². The number of nitrogens with zero attached hydrogens (tertiary/aromatic N) is 2. The highest BCUT2D eigenvalue weighted by atomic mass is 15.1. The lowest BCUT2D eigenvalue weighted by Gasteiger charge is -2.25. The molecular formula is C20H28N2. The summed E-state index contributed by atoms with van der Waals surface area (Å²) in [6.07, 6.45) is 2.45. The molecule has 0 saturated heterocycles. The van der Waals surface area contributed by atoms with Gasteiger partial charge < -0.3 is 9.80 Å². The molecule has 22 heavy (non-hydrogen) atoms. The molecule has 0 atom stereocenters. The van der Waals surface area contributed by atoms with Crippen LogP contribution >= 0.6 is 0 Å². The van der Waals surface area contributed by atoms with Gasteiger partial charge in [0.05, 0.1) is 0 Å². The van der Waals surface area contributed by atoms with Crippen LogP contribution in [0.4, 0.5) is 11.4 Å². The zero-order chi connectivity index (χ0) is 15.9. The Bertz CT molecular complexity index is 555. The van der Waals surface area contributed by atoms with Crippen LogP contribution in [-0.4, -0.2) is 20.6 Å². The van der Waals surface area contributed by atoms with Crippen LogP contribution in [0.2, 0.25) is 0 Å². The lowest BCUT2D eigenvalue weighted by Crippen LogP contribution is -2.23. The molecule has 0 aliphatic heterocycles. The number of hydrogen-bond donors (Lipinski definition) is 0. The van der Waals surface area contributed by atoms with Crippen molar-refractivity contribution in [3.63, 3.8) is 0 Å². The van der Waals surface area contributed by atoms with Gasteiger partial charge in [0.2, 0.25) is 0 Å². The van der Waals surface area contributed by atoms with Crippen molar-refractivity contribution in [3.8, 4) is 0 Å². The van der Waals surface area contributed by atoms with Crippen LogP contribution in [0, 0.1) is 6.92 Å². The van der Waals surface area contributed by atoms with Crippen LogP contribution in [0.1, 0.15) is 30.9 Å². The molecule has 0 spiro atoms. The first-order valence-electron chi connectivity index (χ1n) is 8.18. The van der Waals surface area contributed by atoms with Gasteiger partial charge in [0, 0.05) is 38.6 Å². The molecule has 0 aromatic heterocycles. The maximum atomic E-state index is 2.48. The summed E-state index contributed by atoms with van der Waals surface area (Å²) in [7, 11) is 4.16. The quantitative estimate of drug-likeness (QED) is 0.719. The zero-order valence-electron chi connectivity index (χ0n) is 14.3. The molecule has 0 amide bonds. The Morgan fingerprint density at radius 3 is 1.95 bits per heavy atom. The molecule has 118 valence electrons. The van der Waals surface area contributed by atoms with E-state index in [9.17, 15) is 0 Å². The summed E-state index contributed by atoms with van der Waals surface area (Å²) in [6.45, 7) is 6.46. The van der Waals surface area contributed by atoms with Crippen molar-refractivity contribution in [2.24, 2.45) is 0 Å². The number of benzene rings is 2. The average Bonchev–Trinajstić information content (AvgIpc) is 2.52. The standard InChI is InChI=1S/C20H28N2/c1-5-6-15-22(20-11-7-17(2)8-12-20)16-18-9-13-19(14-10-18)21(3)4/h7-14H,5-6,15-16H2,1-4H3. The highest BCUT2D eigenvalue weighted by molar-refractivity contribution is 5.50. The third-order valence-corrected chi connectivity index (χ3v) is 4.01. The molecular weight excluding hydrogens is 268 g/mol. The van der Waals surface area contributed by atoms with Gasteiger partial charge in [-0.1, -0.05) is 43.2 Å². The van der Waals surface area contributed by atoms with Crippen LogP contribution in [0.25, 0.3) is 0 Å². The lowest BCUT2D eigenvalue weighted by atomic mass is 10.1. The summed E-state index contributed by atoms with van der Waals surface area (Å²) in [6, 6.07) is 17.7. The minimum Gasteiger partial charge on any atom is -0.378 e. The van der Waals surface area contributed by atoms with E-state index in [1.54, 1.807) is 0 Å². The monoisotopic (exact) mass is 296 g/mol. The largest absolute Gasteiger partial charge is 0.378 e. The number of unbranched alkanes of at least 4 members (excludes halogenated alkanes) is 1. The second-order valence-corrected chi connectivity index (χ2v) is 6.17. The Hall–Kier alpha value is -1.96. The van der Waals surface area contributed by atoms with E-state index in [1.165, 1.54) is 35.3 Å². The third-order valence-electron chi connectivity index (χ3n) is 4.01. The molecule has 2 aromatic carbocycles. The smallest absolute Gasteiger partial charge is 0.0429 e. The van der Waals surface area contributed by atoms with Crippen LogP contribution in [0.15, 0.2) is 48.5 Å². The first-order chi connectivity index (χ1) is 10.6. The van der Waals surface area contributed by atoms with Gasteiger partial charge in [-0.3, -0.25) is 0 Å². The second-order valence-electron chi connectivity index (χ2n) is 6.17. The maximum absolute atomic E-state index is 2.48. The topological polar surface area (TPSA) is 6.48 Å². The predicted molar refractivity (Wildman–Crippen MR) is 97.9 cm³/mol. The Kier molecular flexibility index (Phi) is 5.88. The zero-order valence-corrected chi connectivity index (χ0v) is 14.3. The average molecular weight is 296 g/mol. The van der Waals surface area contributed by atoms with Crippen molar-refractivity contribution >= 4 is 11.4 Å². The van der Waals surface area contributed by atoms with E-state index in [0.717, 1.165) is 13.1 Å². The predicted octanol–water partition coefficient (Wildman–Crippen LogP) is 4.87. The van der Waals surface area contributed by atoms with Gasteiger partial charge in [-0.05, 0) is 43.2 Å². The molecule has 0 radical (unpaired) electrons. The van der Waals surface area contributed by atoms with Gasteiger partial charge in [0.25, 0.3) is 0 Å². The Morgan fingerprint density at radius 2 is 1.41 bits per heavy atom. The Morgan fingerprint density at radius 1 is 0.818 bits per heavy atom. The van der Waals surface area contributed by atoms with Crippen molar-refractivity contribution in [1.82, 2.24) is 0 Å². The molecule has 0 aliphatic rings. The van der Waals surface area contributed by atoms with E-state index in [4.69, 9.17) is 0 Å². The first kappa shape index (κ1) is 16.4. The second kappa shape index (κ2) is 7.88. The van der Waals surface area contributed by atoms with E-state index in [2.05, 4.69) is 86.3 Å². The third kappa shape index (κ3) is 4.52. The molecule has 0 N–H and O–H groups in total. The molecule has 2 aromatic rings. The van der Waals surface area contributed by atoms with Crippen molar-refractivity contribution in [3.05, 3.63) is 59.7 Å². The van der Waals surface area contributed by atoms with Crippen LogP contribution < -0.4 is 9.80 Å². The number of hydrogen-bond acceptors (Lipinski definition) is 2. The van der Waals surface area contributed by atoms with Gasteiger partial charge in [-0.15, -0.1) is 0 Å². The number of anilines is 2. The van der Waals surface area contributed by atoms with Gasteiger partial charge >= 0.3 is 0 Å². The fourth-order valence-corrected chi connectivity index (χ4v) is 2.52. The van der Waals surface area contributed by atoms with Gasteiger partial charge in [-0.2, -0.15) is 0 Å². The minimum atomic E-state index is 0.969. The highest BCUT2D eigenvalue weighted by Crippen LogP contribution is 2.20. The van der Waals surface area contributed by atoms with Crippen molar-refractivity contribution < 1.29 is 0 Å². The number of rotatable bonds is 7. The Balaban J connectivity index is 2.13. The highest BCUT2D eigenvalue weighted by Gasteiger charge is 2.07.